The smallest absolute Gasteiger partial charge is 0.357 e. The number of nitrogens with zero attached hydrogens (tertiary/aromatic N) is 1. The SMILES string of the molecule is CCCCc1nc(C(=O)O)c(C(=O)OC)[nH]1. The zero-order chi connectivity index (χ0) is 12.1. The Balaban J connectivity index is 3.00. The number of ether oxygens (including phenoxy) is 1. The van der Waals surface area contributed by atoms with Crippen LogP contribution in [-0.2, 0) is 11.2 Å². The molecule has 0 saturated carbocycles. The van der Waals surface area contributed by atoms with Crippen LogP contribution < -0.4 is 0 Å². The number of nitrogens with one attached hydrogen (secondary N) is 1. The molecule has 0 aliphatic rings. The second-order valence-corrected chi connectivity index (χ2v) is 3.31. The first-order chi connectivity index (χ1) is 7.60. The molecule has 1 rings (SSSR count). The molecule has 2 N–H and O–H groups in total. The first kappa shape index (κ1) is 12.2. The van der Waals surface area contributed by atoms with Crippen LogP contribution in [0.4, 0.5) is 0 Å². The van der Waals surface area contributed by atoms with Crippen molar-refractivity contribution < 1.29 is 19.4 Å². The Kier molecular flexibility index (Phi) is 4.04. The first-order valence-electron chi connectivity index (χ1n) is 5.00. The number of carboxylic acid groups (broad SMARTS) is 1. The summed E-state index contributed by atoms with van der Waals surface area (Å²) in [6.45, 7) is 2.02. The number of unbranched alkanes of at least 4 members (excludes halogenated alkanes) is 1. The van der Waals surface area contributed by atoms with Crippen molar-refractivity contribution in [2.75, 3.05) is 7.11 Å². The maximum atomic E-state index is 11.3. The molecule has 16 heavy (non-hydrogen) atoms. The van der Waals surface area contributed by atoms with Crippen molar-refractivity contribution >= 4 is 11.9 Å². The lowest BCUT2D eigenvalue weighted by atomic mass is 10.2. The summed E-state index contributed by atoms with van der Waals surface area (Å²) in [5.41, 5.74) is -0.376. The fourth-order valence-electron chi connectivity index (χ4n) is 1.29. The molecular weight excluding hydrogens is 212 g/mol. The maximum Gasteiger partial charge on any atom is 0.357 e. The second kappa shape index (κ2) is 5.29. The number of imidazole rings is 1. The summed E-state index contributed by atoms with van der Waals surface area (Å²) in [5.74, 6) is -1.45. The van der Waals surface area contributed by atoms with Crippen LogP contribution in [0, 0.1) is 0 Å². The van der Waals surface area contributed by atoms with Crippen LogP contribution in [0.25, 0.3) is 0 Å². The van der Waals surface area contributed by atoms with Crippen molar-refractivity contribution in [1.29, 1.82) is 0 Å². The van der Waals surface area contributed by atoms with Gasteiger partial charge in [-0.2, -0.15) is 0 Å². The number of aromatic carboxylic acids is 1. The van der Waals surface area contributed by atoms with E-state index in [9.17, 15) is 9.59 Å². The molecule has 1 aromatic rings. The van der Waals surface area contributed by atoms with E-state index in [0.717, 1.165) is 12.8 Å². The van der Waals surface area contributed by atoms with Crippen molar-refractivity contribution in [1.82, 2.24) is 9.97 Å². The molecule has 0 amide bonds. The monoisotopic (exact) mass is 226 g/mol. The van der Waals surface area contributed by atoms with Crippen molar-refractivity contribution in [2.45, 2.75) is 26.2 Å². The van der Waals surface area contributed by atoms with Crippen LogP contribution in [0.15, 0.2) is 0 Å². The third-order valence-corrected chi connectivity index (χ3v) is 2.11. The minimum absolute atomic E-state index is 0.0962. The topological polar surface area (TPSA) is 92.3 Å². The van der Waals surface area contributed by atoms with Crippen LogP contribution in [0.2, 0.25) is 0 Å². The number of hydrogen-bond donors (Lipinski definition) is 2. The number of aromatic amines is 1. The summed E-state index contributed by atoms with van der Waals surface area (Å²) >= 11 is 0. The average Bonchev–Trinajstić information content (AvgIpc) is 2.69. The predicted octanol–water partition coefficient (Wildman–Crippen LogP) is 1.24. The van der Waals surface area contributed by atoms with Gasteiger partial charge in [0.05, 0.1) is 7.11 Å². The van der Waals surface area contributed by atoms with Gasteiger partial charge in [-0.25, -0.2) is 14.6 Å². The number of H-pyrrole nitrogens is 1. The van der Waals surface area contributed by atoms with Gasteiger partial charge in [0, 0.05) is 6.42 Å². The normalized spacial score (nSPS) is 10.1. The molecule has 0 atom stereocenters. The minimum atomic E-state index is -1.24. The van der Waals surface area contributed by atoms with Gasteiger partial charge in [-0.05, 0) is 6.42 Å². The minimum Gasteiger partial charge on any atom is -0.476 e. The molecule has 6 nitrogen and oxygen atoms in total. The van der Waals surface area contributed by atoms with E-state index in [1.807, 2.05) is 6.92 Å². The zero-order valence-electron chi connectivity index (χ0n) is 9.24. The van der Waals surface area contributed by atoms with Crippen molar-refractivity contribution in [2.24, 2.45) is 0 Å². The Morgan fingerprint density at radius 3 is 2.69 bits per heavy atom. The second-order valence-electron chi connectivity index (χ2n) is 3.31. The molecule has 0 aromatic carbocycles. The standard InChI is InChI=1S/C10H14N2O4/c1-3-4-5-6-11-7(9(13)14)8(12-6)10(15)16-2/h3-5H2,1-2H3,(H,11,12)(H,13,14). The Morgan fingerprint density at radius 1 is 1.50 bits per heavy atom. The number of hydrogen-bond acceptors (Lipinski definition) is 4. The number of carboxylic acids is 1. The number of rotatable bonds is 5. The molecule has 0 unspecified atom stereocenters. The first-order valence-corrected chi connectivity index (χ1v) is 5.00. The van der Waals surface area contributed by atoms with E-state index in [0.29, 0.717) is 12.2 Å². The highest BCUT2D eigenvalue weighted by Crippen LogP contribution is 2.10. The molecule has 0 radical (unpaired) electrons. The lowest BCUT2D eigenvalue weighted by molar-refractivity contribution is 0.0576. The van der Waals surface area contributed by atoms with Gasteiger partial charge in [0.2, 0.25) is 0 Å². The third-order valence-electron chi connectivity index (χ3n) is 2.11. The molecule has 0 aliphatic carbocycles. The molecule has 0 fully saturated rings. The highest BCUT2D eigenvalue weighted by molar-refractivity contribution is 5.99. The number of aryl methyl sites for hydroxylation is 1. The molecule has 1 aromatic heterocycles. The van der Waals surface area contributed by atoms with Gasteiger partial charge in [0.15, 0.2) is 11.4 Å². The van der Waals surface area contributed by atoms with Gasteiger partial charge in [0.25, 0.3) is 0 Å². The summed E-state index contributed by atoms with van der Waals surface area (Å²) in [4.78, 5) is 28.7. The number of carbonyl (C=O) groups excluding carboxylic acids is 1. The number of esters is 1. The molecular formula is C10H14N2O4. The van der Waals surface area contributed by atoms with Crippen LogP contribution in [0.1, 0.15) is 46.6 Å². The fraction of sp³-hybridized carbons (Fsp3) is 0.500. The number of methoxy groups -OCH3 is 1. The van der Waals surface area contributed by atoms with Crippen LogP contribution in [-0.4, -0.2) is 34.1 Å². The largest absolute Gasteiger partial charge is 0.476 e. The summed E-state index contributed by atoms with van der Waals surface area (Å²) in [6.07, 6.45) is 2.47. The molecule has 6 heteroatoms. The van der Waals surface area contributed by atoms with Gasteiger partial charge in [-0.1, -0.05) is 13.3 Å². The van der Waals surface area contributed by atoms with E-state index in [-0.39, 0.29) is 11.4 Å². The van der Waals surface area contributed by atoms with Crippen LogP contribution in [0.3, 0.4) is 0 Å². The van der Waals surface area contributed by atoms with E-state index < -0.39 is 11.9 Å². The highest BCUT2D eigenvalue weighted by Gasteiger charge is 2.22. The van der Waals surface area contributed by atoms with Crippen molar-refractivity contribution in [3.63, 3.8) is 0 Å². The zero-order valence-corrected chi connectivity index (χ0v) is 9.24. The molecule has 0 aliphatic heterocycles. The van der Waals surface area contributed by atoms with Gasteiger partial charge in [-0.3, -0.25) is 0 Å². The van der Waals surface area contributed by atoms with Crippen LogP contribution in [0.5, 0.6) is 0 Å². The van der Waals surface area contributed by atoms with E-state index in [2.05, 4.69) is 14.7 Å². The molecule has 1 heterocycles. The molecule has 0 spiro atoms. The van der Waals surface area contributed by atoms with Gasteiger partial charge in [-0.15, -0.1) is 0 Å². The Labute approximate surface area is 92.6 Å². The summed E-state index contributed by atoms with van der Waals surface area (Å²) in [5, 5.41) is 8.86. The fourth-order valence-corrected chi connectivity index (χ4v) is 1.29. The summed E-state index contributed by atoms with van der Waals surface area (Å²) in [7, 11) is 1.19. The highest BCUT2D eigenvalue weighted by atomic mass is 16.5. The van der Waals surface area contributed by atoms with Gasteiger partial charge in [0.1, 0.15) is 5.82 Å². The van der Waals surface area contributed by atoms with Crippen LogP contribution >= 0.6 is 0 Å². The maximum absolute atomic E-state index is 11.3. The molecule has 0 bridgehead atoms. The lowest BCUT2D eigenvalue weighted by Crippen LogP contribution is -2.09. The average molecular weight is 226 g/mol. The number of carbonyl (C=O) groups is 2. The quantitative estimate of drug-likeness (QED) is 0.737. The lowest BCUT2D eigenvalue weighted by Gasteiger charge is -1.95. The van der Waals surface area contributed by atoms with Crippen molar-refractivity contribution in [3.05, 3.63) is 17.2 Å². The van der Waals surface area contributed by atoms with Gasteiger partial charge >= 0.3 is 11.9 Å². The Morgan fingerprint density at radius 2 is 2.19 bits per heavy atom. The Hall–Kier alpha value is -1.85. The Bertz CT molecular complexity index is 398. The molecule has 88 valence electrons. The van der Waals surface area contributed by atoms with E-state index >= 15 is 0 Å². The summed E-state index contributed by atoms with van der Waals surface area (Å²) < 4.78 is 4.47. The number of aromatic nitrogens is 2. The van der Waals surface area contributed by atoms with Crippen molar-refractivity contribution in [3.8, 4) is 0 Å². The van der Waals surface area contributed by atoms with Gasteiger partial charge < -0.3 is 14.8 Å². The van der Waals surface area contributed by atoms with E-state index in [4.69, 9.17) is 5.11 Å². The summed E-state index contributed by atoms with van der Waals surface area (Å²) in [6, 6.07) is 0. The van der Waals surface area contributed by atoms with E-state index in [1.54, 1.807) is 0 Å². The predicted molar refractivity (Wildman–Crippen MR) is 55.5 cm³/mol. The third kappa shape index (κ3) is 2.59. The molecule has 0 saturated heterocycles. The van der Waals surface area contributed by atoms with E-state index in [1.165, 1.54) is 7.11 Å².